The fourth-order valence-corrected chi connectivity index (χ4v) is 3.26. The Kier molecular flexibility index (Phi) is 5.41. The van der Waals surface area contributed by atoms with Crippen molar-refractivity contribution in [3.05, 3.63) is 47.7 Å². The Hall–Kier alpha value is -2.01. The molecule has 0 spiro atoms. The number of nitrogens with zero attached hydrogens (tertiary/aromatic N) is 5. The van der Waals surface area contributed by atoms with Gasteiger partial charge in [0.15, 0.2) is 0 Å². The maximum absolute atomic E-state index is 4.64. The van der Waals surface area contributed by atoms with Gasteiger partial charge >= 0.3 is 0 Å². The normalized spacial score (nSPS) is 15.9. The first kappa shape index (κ1) is 16.8. The molecule has 0 amide bonds. The van der Waals surface area contributed by atoms with E-state index in [4.69, 9.17) is 0 Å². The molecule has 1 aliphatic rings. The number of aryl methyl sites for hydroxylation is 1. The van der Waals surface area contributed by atoms with Crippen LogP contribution in [-0.4, -0.2) is 47.0 Å². The van der Waals surface area contributed by atoms with Crippen LogP contribution in [-0.2, 0) is 13.0 Å². The molecule has 3 rings (SSSR count). The number of aromatic nitrogens is 3. The zero-order valence-corrected chi connectivity index (χ0v) is 14.9. The summed E-state index contributed by atoms with van der Waals surface area (Å²) in [6.45, 7) is 5.05. The smallest absolute Gasteiger partial charge is 0.128 e. The molecule has 0 N–H and O–H groups in total. The average Bonchev–Trinajstić information content (AvgIpc) is 2.57. The van der Waals surface area contributed by atoms with Gasteiger partial charge in [0.2, 0.25) is 0 Å². The Morgan fingerprint density at radius 1 is 1.08 bits per heavy atom. The van der Waals surface area contributed by atoms with Crippen molar-refractivity contribution in [1.82, 2.24) is 19.9 Å². The number of rotatable bonds is 5. The van der Waals surface area contributed by atoms with E-state index >= 15 is 0 Å². The summed E-state index contributed by atoms with van der Waals surface area (Å²) in [5.74, 6) is 1.81. The van der Waals surface area contributed by atoms with E-state index in [1.165, 1.54) is 12.8 Å². The molecule has 1 aliphatic heterocycles. The minimum atomic E-state index is 0.694. The van der Waals surface area contributed by atoms with Gasteiger partial charge in [-0.15, -0.1) is 0 Å². The maximum Gasteiger partial charge on any atom is 0.128 e. The second kappa shape index (κ2) is 7.71. The molecule has 3 heterocycles. The number of piperidine rings is 1. The van der Waals surface area contributed by atoms with Gasteiger partial charge in [-0.05, 0) is 58.3 Å². The fourth-order valence-electron chi connectivity index (χ4n) is 3.26. The molecule has 2 aromatic heterocycles. The van der Waals surface area contributed by atoms with Crippen LogP contribution in [0.5, 0.6) is 0 Å². The zero-order valence-electron chi connectivity index (χ0n) is 14.9. The molecular formula is C19H27N5. The monoisotopic (exact) mass is 325 g/mol. The number of anilines is 1. The van der Waals surface area contributed by atoms with Gasteiger partial charge in [0, 0.05) is 31.5 Å². The second-order valence-electron chi connectivity index (χ2n) is 7.01. The first-order valence-corrected chi connectivity index (χ1v) is 8.73. The van der Waals surface area contributed by atoms with E-state index in [1.807, 2.05) is 26.5 Å². The Balaban J connectivity index is 1.52. The SMILES string of the molecule is Cc1cccc(N2CCC(Cc3cnc(CN(C)C)cn3)CC2)n1. The Morgan fingerprint density at radius 3 is 2.42 bits per heavy atom. The van der Waals surface area contributed by atoms with Crippen LogP contribution in [0.3, 0.4) is 0 Å². The lowest BCUT2D eigenvalue weighted by Gasteiger charge is -2.32. The average molecular weight is 325 g/mol. The van der Waals surface area contributed by atoms with Crippen LogP contribution in [0, 0.1) is 12.8 Å². The van der Waals surface area contributed by atoms with E-state index < -0.39 is 0 Å². The van der Waals surface area contributed by atoms with Crippen LogP contribution in [0.1, 0.15) is 29.9 Å². The summed E-state index contributed by atoms with van der Waals surface area (Å²) in [6, 6.07) is 6.26. The van der Waals surface area contributed by atoms with E-state index in [1.54, 1.807) is 0 Å². The molecule has 128 valence electrons. The molecule has 24 heavy (non-hydrogen) atoms. The highest BCUT2D eigenvalue weighted by Gasteiger charge is 2.21. The highest BCUT2D eigenvalue weighted by molar-refractivity contribution is 5.39. The van der Waals surface area contributed by atoms with Crippen molar-refractivity contribution in [2.45, 2.75) is 32.7 Å². The highest BCUT2D eigenvalue weighted by atomic mass is 15.2. The molecule has 0 radical (unpaired) electrons. The van der Waals surface area contributed by atoms with Crippen molar-refractivity contribution in [3.63, 3.8) is 0 Å². The van der Waals surface area contributed by atoms with Gasteiger partial charge in [0.1, 0.15) is 5.82 Å². The van der Waals surface area contributed by atoms with Crippen molar-refractivity contribution in [2.24, 2.45) is 5.92 Å². The van der Waals surface area contributed by atoms with Crippen LogP contribution >= 0.6 is 0 Å². The van der Waals surface area contributed by atoms with E-state index in [-0.39, 0.29) is 0 Å². The van der Waals surface area contributed by atoms with Crippen LogP contribution in [0.2, 0.25) is 0 Å². The lowest BCUT2D eigenvalue weighted by Crippen LogP contribution is -2.35. The highest BCUT2D eigenvalue weighted by Crippen LogP contribution is 2.24. The quantitative estimate of drug-likeness (QED) is 0.846. The van der Waals surface area contributed by atoms with Gasteiger partial charge in [-0.3, -0.25) is 9.97 Å². The summed E-state index contributed by atoms with van der Waals surface area (Å²) in [7, 11) is 4.10. The van der Waals surface area contributed by atoms with Crippen LogP contribution in [0.25, 0.3) is 0 Å². The summed E-state index contributed by atoms with van der Waals surface area (Å²) in [5, 5.41) is 0. The van der Waals surface area contributed by atoms with Gasteiger partial charge in [-0.1, -0.05) is 6.07 Å². The van der Waals surface area contributed by atoms with Crippen LogP contribution < -0.4 is 4.90 Å². The van der Waals surface area contributed by atoms with E-state index in [2.05, 4.69) is 49.9 Å². The molecule has 0 saturated carbocycles. The van der Waals surface area contributed by atoms with Gasteiger partial charge in [0.05, 0.1) is 17.6 Å². The predicted octanol–water partition coefficient (Wildman–Crippen LogP) is 2.70. The molecule has 0 bridgehead atoms. The van der Waals surface area contributed by atoms with Crippen molar-refractivity contribution < 1.29 is 0 Å². The summed E-state index contributed by atoms with van der Waals surface area (Å²) in [4.78, 5) is 18.3. The third-order valence-electron chi connectivity index (χ3n) is 4.55. The predicted molar refractivity (Wildman–Crippen MR) is 97.0 cm³/mol. The topological polar surface area (TPSA) is 45.2 Å². The Morgan fingerprint density at radius 2 is 1.79 bits per heavy atom. The van der Waals surface area contributed by atoms with Crippen molar-refractivity contribution in [1.29, 1.82) is 0 Å². The lowest BCUT2D eigenvalue weighted by atomic mass is 9.92. The van der Waals surface area contributed by atoms with Crippen LogP contribution in [0.4, 0.5) is 5.82 Å². The molecule has 2 aromatic rings. The van der Waals surface area contributed by atoms with Gasteiger partial charge in [-0.2, -0.15) is 0 Å². The standard InChI is InChI=1S/C19H27N5/c1-15-5-4-6-19(22-15)24-9-7-16(8-10-24)11-17-12-21-18(13-20-17)14-23(2)3/h4-6,12-13,16H,7-11,14H2,1-3H3. The summed E-state index contributed by atoms with van der Waals surface area (Å²) in [6.07, 6.45) is 7.28. The van der Waals surface area contributed by atoms with E-state index in [0.717, 1.165) is 49.0 Å². The Labute approximate surface area is 144 Å². The second-order valence-corrected chi connectivity index (χ2v) is 7.01. The van der Waals surface area contributed by atoms with Crippen molar-refractivity contribution >= 4 is 5.82 Å². The molecule has 0 unspecified atom stereocenters. The van der Waals surface area contributed by atoms with Crippen LogP contribution in [0.15, 0.2) is 30.6 Å². The van der Waals surface area contributed by atoms with Crippen molar-refractivity contribution in [3.8, 4) is 0 Å². The lowest BCUT2D eigenvalue weighted by molar-refractivity contribution is 0.391. The zero-order chi connectivity index (χ0) is 16.9. The third kappa shape index (κ3) is 4.51. The molecule has 5 nitrogen and oxygen atoms in total. The molecule has 0 aliphatic carbocycles. The first-order valence-electron chi connectivity index (χ1n) is 8.73. The minimum absolute atomic E-state index is 0.694. The summed E-state index contributed by atoms with van der Waals surface area (Å²) in [5.41, 5.74) is 3.23. The van der Waals surface area contributed by atoms with Gasteiger partial charge in [-0.25, -0.2) is 4.98 Å². The molecule has 0 aromatic carbocycles. The molecule has 5 heteroatoms. The number of hydrogen-bond acceptors (Lipinski definition) is 5. The van der Waals surface area contributed by atoms with Gasteiger partial charge < -0.3 is 9.80 Å². The first-order chi connectivity index (χ1) is 11.6. The number of hydrogen-bond donors (Lipinski definition) is 0. The van der Waals surface area contributed by atoms with E-state index in [0.29, 0.717) is 5.92 Å². The molecule has 0 atom stereocenters. The third-order valence-corrected chi connectivity index (χ3v) is 4.55. The molecular weight excluding hydrogens is 298 g/mol. The van der Waals surface area contributed by atoms with Crippen molar-refractivity contribution in [2.75, 3.05) is 32.1 Å². The Bertz CT molecular complexity index is 645. The molecule has 1 saturated heterocycles. The fraction of sp³-hybridized carbons (Fsp3) is 0.526. The number of pyridine rings is 1. The maximum atomic E-state index is 4.64. The summed E-state index contributed by atoms with van der Waals surface area (Å²) < 4.78 is 0. The van der Waals surface area contributed by atoms with E-state index in [9.17, 15) is 0 Å². The summed E-state index contributed by atoms with van der Waals surface area (Å²) >= 11 is 0. The largest absolute Gasteiger partial charge is 0.357 e. The molecule has 1 fully saturated rings. The minimum Gasteiger partial charge on any atom is -0.357 e. The van der Waals surface area contributed by atoms with Gasteiger partial charge in [0.25, 0.3) is 0 Å².